The number of amides is 1. The van der Waals surface area contributed by atoms with Crippen LogP contribution < -0.4 is 5.32 Å². The first-order valence-electron chi connectivity index (χ1n) is 14.2. The van der Waals surface area contributed by atoms with Crippen LogP contribution in [-0.4, -0.2) is 24.5 Å². The van der Waals surface area contributed by atoms with Crippen LogP contribution in [0.25, 0.3) is 0 Å². The van der Waals surface area contributed by atoms with Gasteiger partial charge in [-0.15, -0.1) is 0 Å². The third kappa shape index (κ3) is 3.11. The average Bonchev–Trinajstić information content (AvgIpc) is 2.82. The molecule has 0 aromatic rings. The van der Waals surface area contributed by atoms with Gasteiger partial charge < -0.3 is 5.32 Å². The van der Waals surface area contributed by atoms with Gasteiger partial charge in [-0.3, -0.25) is 14.4 Å². The molecular weight excluding hydrogens is 460 g/mol. The molecule has 0 bridgehead atoms. The second-order valence-corrected chi connectivity index (χ2v) is 15.0. The van der Waals surface area contributed by atoms with Gasteiger partial charge in [0.15, 0.2) is 11.6 Å². The zero-order valence-electron chi connectivity index (χ0n) is 24.0. The van der Waals surface area contributed by atoms with Crippen molar-refractivity contribution in [3.63, 3.8) is 0 Å². The van der Waals surface area contributed by atoms with Gasteiger partial charge in [0.05, 0.1) is 11.0 Å². The number of rotatable bonds is 1. The average molecular weight is 505 g/mol. The third-order valence-corrected chi connectivity index (χ3v) is 12.5. The van der Waals surface area contributed by atoms with Crippen molar-refractivity contribution in [3.05, 3.63) is 23.3 Å². The van der Waals surface area contributed by atoms with E-state index in [1.54, 1.807) is 7.05 Å². The zero-order chi connectivity index (χ0) is 27.4. The summed E-state index contributed by atoms with van der Waals surface area (Å²) in [6.07, 6.45) is 9.95. The Morgan fingerprint density at radius 1 is 1.00 bits per heavy atom. The molecule has 37 heavy (non-hydrogen) atoms. The predicted octanol–water partition coefficient (Wildman–Crippen LogP) is 5.95. The number of carbonyl (C=O) groups is 3. The van der Waals surface area contributed by atoms with E-state index in [-0.39, 0.29) is 57.0 Å². The van der Waals surface area contributed by atoms with Crippen LogP contribution in [0.15, 0.2) is 23.3 Å². The Labute approximate surface area is 222 Å². The number of nitrogens with zero attached hydrogens (tertiary/aromatic N) is 1. The van der Waals surface area contributed by atoms with Crippen LogP contribution in [0.5, 0.6) is 0 Å². The molecular formula is C32H44N2O3. The van der Waals surface area contributed by atoms with Gasteiger partial charge in [0.2, 0.25) is 5.91 Å². The van der Waals surface area contributed by atoms with Gasteiger partial charge >= 0.3 is 0 Å². The fraction of sp³-hybridized carbons (Fsp3) is 0.750. The minimum absolute atomic E-state index is 0.0113. The standard InChI is InChI=1S/C32H44N2O3/c1-27(2)11-13-32(26(37)34-8)14-12-31(7)24(20(32)17-27)21(35)15-23-29(5)16-19(18-33)25(36)28(3,4)22(29)9-10-30(23,31)6/h15-16,20,22,24H,9-14,17H2,1-8H3,(H,34,37)/t20?,22?,24?,29-,30+,31+,32-/m0/s1. The summed E-state index contributed by atoms with van der Waals surface area (Å²) in [7, 11) is 1.73. The molecule has 7 atom stereocenters. The molecule has 0 aromatic carbocycles. The molecule has 5 heteroatoms. The summed E-state index contributed by atoms with van der Waals surface area (Å²) >= 11 is 0. The van der Waals surface area contributed by atoms with Crippen LogP contribution in [-0.2, 0) is 14.4 Å². The lowest BCUT2D eigenvalue weighted by Crippen LogP contribution is -2.66. The van der Waals surface area contributed by atoms with Crippen LogP contribution in [0, 0.1) is 61.6 Å². The SMILES string of the molecule is CNC(=O)[C@]12CCC(C)(C)CC1C1C(=O)C=C3[C@@]4(C)C=C(C#N)C(=O)C(C)(C)C4CC[C@@]3(C)[C@]1(C)CC2. The second-order valence-electron chi connectivity index (χ2n) is 15.0. The van der Waals surface area contributed by atoms with E-state index in [1.165, 1.54) is 0 Å². The third-order valence-electron chi connectivity index (χ3n) is 12.5. The maximum atomic E-state index is 14.4. The molecule has 1 amide bonds. The molecule has 0 aromatic heterocycles. The number of nitrogens with one attached hydrogen (secondary N) is 1. The summed E-state index contributed by atoms with van der Waals surface area (Å²) in [5, 5.41) is 12.8. The largest absolute Gasteiger partial charge is 0.359 e. The van der Waals surface area contributed by atoms with E-state index in [4.69, 9.17) is 0 Å². The van der Waals surface area contributed by atoms with Crippen molar-refractivity contribution in [3.8, 4) is 6.07 Å². The van der Waals surface area contributed by atoms with E-state index in [9.17, 15) is 19.6 Å². The summed E-state index contributed by atoms with van der Waals surface area (Å²) in [6, 6.07) is 2.18. The molecule has 1 N–H and O–H groups in total. The van der Waals surface area contributed by atoms with Crippen LogP contribution in [0.2, 0.25) is 0 Å². The molecule has 5 rings (SSSR count). The number of ketones is 2. The highest BCUT2D eigenvalue weighted by atomic mass is 16.2. The summed E-state index contributed by atoms with van der Waals surface area (Å²) < 4.78 is 0. The fourth-order valence-corrected chi connectivity index (χ4v) is 10.3. The number of nitriles is 1. The van der Waals surface area contributed by atoms with Gasteiger partial charge in [-0.25, -0.2) is 0 Å². The highest BCUT2D eigenvalue weighted by Crippen LogP contribution is 2.74. The molecule has 5 aliphatic rings. The molecule has 3 fully saturated rings. The van der Waals surface area contributed by atoms with Crippen molar-refractivity contribution in [2.75, 3.05) is 7.05 Å². The summed E-state index contributed by atoms with van der Waals surface area (Å²) in [4.78, 5) is 41.1. The number of hydrogen-bond acceptors (Lipinski definition) is 4. The van der Waals surface area contributed by atoms with Crippen molar-refractivity contribution >= 4 is 17.5 Å². The Balaban J connectivity index is 1.71. The maximum Gasteiger partial charge on any atom is 0.226 e. The summed E-state index contributed by atoms with van der Waals surface area (Å²) in [6.45, 7) is 15.3. The van der Waals surface area contributed by atoms with Crippen molar-refractivity contribution < 1.29 is 14.4 Å². The van der Waals surface area contributed by atoms with Gasteiger partial charge in [0, 0.05) is 23.8 Å². The van der Waals surface area contributed by atoms with Gasteiger partial charge in [-0.2, -0.15) is 5.26 Å². The van der Waals surface area contributed by atoms with E-state index < -0.39 is 16.2 Å². The number of Topliss-reactive ketones (excluding diaryl/α,β-unsaturated/α-hetero) is 1. The molecule has 5 nitrogen and oxygen atoms in total. The van der Waals surface area contributed by atoms with Crippen molar-refractivity contribution in [1.82, 2.24) is 5.32 Å². The molecule has 0 heterocycles. The normalized spacial score (nSPS) is 45.6. The molecule has 0 spiro atoms. The smallest absolute Gasteiger partial charge is 0.226 e. The van der Waals surface area contributed by atoms with E-state index in [0.29, 0.717) is 0 Å². The number of carbonyl (C=O) groups excluding carboxylic acids is 3. The lowest BCUT2D eigenvalue weighted by molar-refractivity contribution is -0.178. The Morgan fingerprint density at radius 2 is 1.65 bits per heavy atom. The minimum Gasteiger partial charge on any atom is -0.359 e. The number of hydrogen-bond donors (Lipinski definition) is 1. The van der Waals surface area contributed by atoms with E-state index in [0.717, 1.165) is 50.5 Å². The number of allylic oxidation sites excluding steroid dienone is 4. The number of fused-ring (bicyclic) bond motifs is 7. The Bertz CT molecular complexity index is 1200. The molecule has 5 aliphatic carbocycles. The first-order chi connectivity index (χ1) is 17.0. The van der Waals surface area contributed by atoms with Crippen LogP contribution in [0.1, 0.15) is 93.4 Å². The monoisotopic (exact) mass is 504 g/mol. The highest BCUT2D eigenvalue weighted by molar-refractivity contribution is 6.04. The Morgan fingerprint density at radius 3 is 2.27 bits per heavy atom. The first-order valence-corrected chi connectivity index (χ1v) is 14.2. The summed E-state index contributed by atoms with van der Waals surface area (Å²) in [5.41, 5.74) is -0.787. The van der Waals surface area contributed by atoms with Crippen LogP contribution in [0.4, 0.5) is 0 Å². The molecule has 3 unspecified atom stereocenters. The van der Waals surface area contributed by atoms with Gasteiger partial charge in [-0.05, 0) is 79.1 Å². The van der Waals surface area contributed by atoms with Crippen LogP contribution in [0.3, 0.4) is 0 Å². The molecule has 0 saturated heterocycles. The van der Waals surface area contributed by atoms with E-state index in [1.807, 2.05) is 26.0 Å². The second kappa shape index (κ2) is 7.67. The fourth-order valence-electron chi connectivity index (χ4n) is 10.3. The summed E-state index contributed by atoms with van der Waals surface area (Å²) in [5.74, 6) is 0.0213. The van der Waals surface area contributed by atoms with Crippen molar-refractivity contribution in [2.45, 2.75) is 93.4 Å². The van der Waals surface area contributed by atoms with Gasteiger partial charge in [0.1, 0.15) is 6.07 Å². The zero-order valence-corrected chi connectivity index (χ0v) is 24.0. The molecule has 0 radical (unpaired) electrons. The Hall–Kier alpha value is -2.22. The van der Waals surface area contributed by atoms with Crippen molar-refractivity contribution in [2.24, 2.45) is 50.2 Å². The van der Waals surface area contributed by atoms with E-state index >= 15 is 0 Å². The van der Waals surface area contributed by atoms with Crippen LogP contribution >= 0.6 is 0 Å². The molecule has 200 valence electrons. The van der Waals surface area contributed by atoms with E-state index in [2.05, 4.69) is 46.0 Å². The highest BCUT2D eigenvalue weighted by Gasteiger charge is 2.70. The van der Waals surface area contributed by atoms with Gasteiger partial charge in [0.25, 0.3) is 0 Å². The maximum absolute atomic E-state index is 14.4. The lowest BCUT2D eigenvalue weighted by atomic mass is 9.34. The topological polar surface area (TPSA) is 87.0 Å². The quantitative estimate of drug-likeness (QED) is 0.478. The Kier molecular flexibility index (Phi) is 5.47. The van der Waals surface area contributed by atoms with Crippen molar-refractivity contribution in [1.29, 1.82) is 5.26 Å². The predicted molar refractivity (Wildman–Crippen MR) is 143 cm³/mol. The molecule has 3 saturated carbocycles. The molecule has 0 aliphatic heterocycles. The first kappa shape index (κ1) is 26.4. The lowest BCUT2D eigenvalue weighted by Gasteiger charge is -2.69. The minimum atomic E-state index is -0.661. The van der Waals surface area contributed by atoms with Gasteiger partial charge in [-0.1, -0.05) is 60.1 Å².